The summed E-state index contributed by atoms with van der Waals surface area (Å²) in [6.45, 7) is 5.02. The number of rotatable bonds is 9. The first-order valence-corrected chi connectivity index (χ1v) is 9.03. The van der Waals surface area contributed by atoms with Gasteiger partial charge in [-0.15, -0.1) is 0 Å². The first kappa shape index (κ1) is 20.6. The summed E-state index contributed by atoms with van der Waals surface area (Å²) in [6.07, 6.45) is 2.41. The Morgan fingerprint density at radius 2 is 1.93 bits per heavy atom. The van der Waals surface area contributed by atoms with Crippen LogP contribution >= 0.6 is 11.6 Å². The Bertz CT molecular complexity index is 791. The van der Waals surface area contributed by atoms with Gasteiger partial charge >= 0.3 is 0 Å². The van der Waals surface area contributed by atoms with Crippen LogP contribution in [0.25, 0.3) is 0 Å². The van der Waals surface area contributed by atoms with Crippen LogP contribution in [0.4, 0.5) is 0 Å². The molecule has 0 heterocycles. The van der Waals surface area contributed by atoms with Gasteiger partial charge in [-0.25, -0.2) is 5.43 Å². The van der Waals surface area contributed by atoms with E-state index in [0.29, 0.717) is 40.9 Å². The van der Waals surface area contributed by atoms with Gasteiger partial charge in [0.25, 0.3) is 5.91 Å². The molecule has 0 bridgehead atoms. The van der Waals surface area contributed by atoms with Crippen LogP contribution < -0.4 is 19.6 Å². The monoisotopic (exact) mass is 390 g/mol. The van der Waals surface area contributed by atoms with Crippen LogP contribution in [0.3, 0.4) is 0 Å². The summed E-state index contributed by atoms with van der Waals surface area (Å²) in [5.74, 6) is 1.39. The maximum absolute atomic E-state index is 12.2. The molecule has 0 aliphatic heterocycles. The van der Waals surface area contributed by atoms with E-state index in [2.05, 4.69) is 10.5 Å². The maximum Gasteiger partial charge on any atom is 0.271 e. The van der Waals surface area contributed by atoms with Gasteiger partial charge in [0.2, 0.25) is 0 Å². The Morgan fingerprint density at radius 3 is 2.56 bits per heavy atom. The van der Waals surface area contributed by atoms with Crippen molar-refractivity contribution in [2.75, 3.05) is 20.3 Å². The lowest BCUT2D eigenvalue weighted by Crippen LogP contribution is -2.17. The number of hydrogen-bond acceptors (Lipinski definition) is 5. The smallest absolute Gasteiger partial charge is 0.271 e. The fraction of sp³-hybridized carbons (Fsp3) is 0.300. The zero-order valence-electron chi connectivity index (χ0n) is 15.6. The summed E-state index contributed by atoms with van der Waals surface area (Å²) in [7, 11) is 1.53. The van der Waals surface area contributed by atoms with E-state index in [1.807, 2.05) is 13.8 Å². The van der Waals surface area contributed by atoms with Crippen molar-refractivity contribution < 1.29 is 19.0 Å². The zero-order valence-corrected chi connectivity index (χ0v) is 16.4. The van der Waals surface area contributed by atoms with E-state index in [-0.39, 0.29) is 5.91 Å². The number of nitrogens with one attached hydrogen (secondary N) is 1. The highest BCUT2D eigenvalue weighted by Gasteiger charge is 2.11. The number of amides is 1. The number of hydrazone groups is 1. The van der Waals surface area contributed by atoms with Crippen molar-refractivity contribution >= 4 is 23.7 Å². The molecule has 0 aromatic heterocycles. The van der Waals surface area contributed by atoms with Gasteiger partial charge in [0.15, 0.2) is 11.5 Å². The van der Waals surface area contributed by atoms with E-state index in [0.717, 1.165) is 12.2 Å². The Kier molecular flexibility index (Phi) is 7.95. The van der Waals surface area contributed by atoms with E-state index in [9.17, 15) is 4.79 Å². The SMILES string of the molecule is CCCOc1ccc(C(=O)N/N=C\c2cc(Cl)c(OCC)c(OC)c2)cc1. The summed E-state index contributed by atoms with van der Waals surface area (Å²) in [5.41, 5.74) is 3.64. The van der Waals surface area contributed by atoms with Gasteiger partial charge in [0.1, 0.15) is 5.75 Å². The molecular formula is C20H23ClN2O4. The van der Waals surface area contributed by atoms with Crippen LogP contribution in [0.2, 0.25) is 5.02 Å². The Morgan fingerprint density at radius 1 is 1.19 bits per heavy atom. The molecule has 2 rings (SSSR count). The van der Waals surface area contributed by atoms with Crippen molar-refractivity contribution in [2.24, 2.45) is 5.10 Å². The molecule has 2 aromatic carbocycles. The number of hydrogen-bond donors (Lipinski definition) is 1. The summed E-state index contributed by atoms with van der Waals surface area (Å²) < 4.78 is 16.2. The first-order chi connectivity index (χ1) is 13.1. The van der Waals surface area contributed by atoms with Gasteiger partial charge in [-0.2, -0.15) is 5.10 Å². The molecule has 27 heavy (non-hydrogen) atoms. The van der Waals surface area contributed by atoms with E-state index in [4.69, 9.17) is 25.8 Å². The molecular weight excluding hydrogens is 368 g/mol. The summed E-state index contributed by atoms with van der Waals surface area (Å²) in [5, 5.41) is 4.38. The minimum absolute atomic E-state index is 0.322. The van der Waals surface area contributed by atoms with E-state index in [1.54, 1.807) is 36.4 Å². The fourth-order valence-corrected chi connectivity index (χ4v) is 2.52. The molecule has 1 N–H and O–H groups in total. The number of carbonyl (C=O) groups is 1. The highest BCUT2D eigenvalue weighted by molar-refractivity contribution is 6.32. The summed E-state index contributed by atoms with van der Waals surface area (Å²) >= 11 is 6.21. The van der Waals surface area contributed by atoms with Crippen LogP contribution in [0.5, 0.6) is 17.2 Å². The van der Waals surface area contributed by atoms with Gasteiger partial charge in [-0.05, 0) is 55.3 Å². The zero-order chi connectivity index (χ0) is 19.6. The number of halogens is 1. The second-order valence-electron chi connectivity index (χ2n) is 5.54. The lowest BCUT2D eigenvalue weighted by atomic mass is 10.2. The Labute approximate surface area is 164 Å². The second-order valence-corrected chi connectivity index (χ2v) is 5.95. The molecule has 0 aliphatic carbocycles. The lowest BCUT2D eigenvalue weighted by molar-refractivity contribution is 0.0955. The molecule has 0 fully saturated rings. The topological polar surface area (TPSA) is 69.2 Å². The molecule has 144 valence electrons. The van der Waals surface area contributed by atoms with Crippen molar-refractivity contribution in [1.82, 2.24) is 5.43 Å². The Balaban J connectivity index is 2.02. The van der Waals surface area contributed by atoms with Gasteiger partial charge in [-0.3, -0.25) is 4.79 Å². The average molecular weight is 391 g/mol. The van der Waals surface area contributed by atoms with Crippen LogP contribution in [-0.4, -0.2) is 32.4 Å². The van der Waals surface area contributed by atoms with Gasteiger partial charge in [-0.1, -0.05) is 18.5 Å². The minimum atomic E-state index is -0.322. The number of nitrogens with zero attached hydrogens (tertiary/aromatic N) is 1. The number of carbonyl (C=O) groups excluding carboxylic acids is 1. The van der Waals surface area contributed by atoms with Crippen molar-refractivity contribution in [2.45, 2.75) is 20.3 Å². The summed E-state index contributed by atoms with van der Waals surface area (Å²) in [6, 6.07) is 10.3. The van der Waals surface area contributed by atoms with Crippen molar-refractivity contribution in [3.05, 3.63) is 52.5 Å². The van der Waals surface area contributed by atoms with Crippen molar-refractivity contribution in [1.29, 1.82) is 0 Å². The molecule has 0 unspecified atom stereocenters. The maximum atomic E-state index is 12.2. The van der Waals surface area contributed by atoms with Gasteiger partial charge in [0.05, 0.1) is 31.6 Å². The average Bonchev–Trinajstić information content (AvgIpc) is 2.68. The molecule has 0 saturated heterocycles. The number of ether oxygens (including phenoxy) is 3. The largest absolute Gasteiger partial charge is 0.494 e. The van der Waals surface area contributed by atoms with E-state index >= 15 is 0 Å². The first-order valence-electron chi connectivity index (χ1n) is 8.65. The fourth-order valence-electron chi connectivity index (χ4n) is 2.25. The van der Waals surface area contributed by atoms with Crippen LogP contribution in [0.15, 0.2) is 41.5 Å². The number of benzene rings is 2. The normalized spacial score (nSPS) is 10.7. The van der Waals surface area contributed by atoms with Crippen molar-refractivity contribution in [3.63, 3.8) is 0 Å². The molecule has 0 atom stereocenters. The van der Waals surface area contributed by atoms with Crippen LogP contribution in [0.1, 0.15) is 36.2 Å². The third-order valence-corrected chi connectivity index (χ3v) is 3.79. The lowest BCUT2D eigenvalue weighted by Gasteiger charge is -2.11. The predicted molar refractivity (Wildman–Crippen MR) is 106 cm³/mol. The third-order valence-electron chi connectivity index (χ3n) is 3.51. The predicted octanol–water partition coefficient (Wildman–Crippen LogP) is 4.30. The minimum Gasteiger partial charge on any atom is -0.494 e. The molecule has 6 nitrogen and oxygen atoms in total. The molecule has 0 spiro atoms. The van der Waals surface area contributed by atoms with Gasteiger partial charge in [0, 0.05) is 5.56 Å². The highest BCUT2D eigenvalue weighted by atomic mass is 35.5. The summed E-state index contributed by atoms with van der Waals surface area (Å²) in [4.78, 5) is 12.2. The molecule has 0 saturated carbocycles. The van der Waals surface area contributed by atoms with Crippen LogP contribution in [-0.2, 0) is 0 Å². The van der Waals surface area contributed by atoms with Gasteiger partial charge < -0.3 is 14.2 Å². The highest BCUT2D eigenvalue weighted by Crippen LogP contribution is 2.35. The quantitative estimate of drug-likeness (QED) is 0.512. The Hall–Kier alpha value is -2.73. The second kappa shape index (κ2) is 10.4. The van der Waals surface area contributed by atoms with Crippen molar-refractivity contribution in [3.8, 4) is 17.2 Å². The molecule has 0 aliphatic rings. The molecule has 2 aromatic rings. The van der Waals surface area contributed by atoms with E-state index < -0.39 is 0 Å². The van der Waals surface area contributed by atoms with Crippen LogP contribution in [0, 0.1) is 0 Å². The molecule has 0 radical (unpaired) electrons. The van der Waals surface area contributed by atoms with E-state index in [1.165, 1.54) is 13.3 Å². The number of methoxy groups -OCH3 is 1. The standard InChI is InChI=1S/C20H23ClN2O4/c1-4-10-27-16-8-6-15(7-9-16)20(24)23-22-13-14-11-17(21)19(26-5-2)18(12-14)25-3/h6-9,11-13H,4-5,10H2,1-3H3,(H,23,24)/b22-13-. The molecule has 7 heteroatoms. The third kappa shape index (κ3) is 5.89. The molecule has 1 amide bonds.